The van der Waals surface area contributed by atoms with Gasteiger partial charge in [0.25, 0.3) is 0 Å². The van der Waals surface area contributed by atoms with Crippen LogP contribution in [0.3, 0.4) is 0 Å². The molecule has 1 aliphatic rings. The zero-order valence-corrected chi connectivity index (χ0v) is 16.0. The van der Waals surface area contributed by atoms with Gasteiger partial charge in [-0.25, -0.2) is 15.0 Å². The number of thiazole rings is 1. The highest BCUT2D eigenvalue weighted by atomic mass is 32.1. The van der Waals surface area contributed by atoms with E-state index in [0.29, 0.717) is 5.95 Å². The molecule has 2 heterocycles. The molecule has 0 amide bonds. The fourth-order valence-corrected chi connectivity index (χ4v) is 4.25. The maximum Gasteiger partial charge on any atom is 0.227 e. The van der Waals surface area contributed by atoms with Crippen LogP contribution >= 0.6 is 11.3 Å². The van der Waals surface area contributed by atoms with Crippen LogP contribution in [0, 0.1) is 0 Å². The molecule has 6 nitrogen and oxygen atoms in total. The van der Waals surface area contributed by atoms with Gasteiger partial charge < -0.3 is 15.2 Å². The summed E-state index contributed by atoms with van der Waals surface area (Å²) in [4.78, 5) is 13.5. The average molecular weight is 392 g/mol. The highest BCUT2D eigenvalue weighted by Crippen LogP contribution is 2.30. The van der Waals surface area contributed by atoms with Crippen LogP contribution in [-0.4, -0.2) is 32.3 Å². The Balaban J connectivity index is 1.42. The Morgan fingerprint density at radius 2 is 1.96 bits per heavy atom. The van der Waals surface area contributed by atoms with Crippen LogP contribution in [0.2, 0.25) is 0 Å². The maximum atomic E-state index is 9.71. The van der Waals surface area contributed by atoms with Gasteiger partial charge in [0.2, 0.25) is 5.95 Å². The van der Waals surface area contributed by atoms with Crippen molar-refractivity contribution in [2.45, 2.75) is 37.9 Å². The number of rotatable bonds is 4. The van der Waals surface area contributed by atoms with Crippen LogP contribution < -0.4 is 10.1 Å². The first-order valence-corrected chi connectivity index (χ1v) is 10.3. The number of hydrogen-bond acceptors (Lipinski definition) is 7. The molecule has 1 fully saturated rings. The third-order valence-electron chi connectivity index (χ3n) is 5.10. The molecule has 0 unspecified atom stereocenters. The van der Waals surface area contributed by atoms with Gasteiger partial charge >= 0.3 is 0 Å². The molecule has 0 saturated heterocycles. The van der Waals surface area contributed by atoms with E-state index in [1.54, 1.807) is 11.3 Å². The molecule has 0 radical (unpaired) electrons. The molecule has 142 valence electrons. The number of benzene rings is 2. The van der Waals surface area contributed by atoms with Crippen LogP contribution in [0.4, 0.5) is 11.6 Å². The summed E-state index contributed by atoms with van der Waals surface area (Å²) in [5.74, 6) is 1.29. The van der Waals surface area contributed by atoms with Crippen molar-refractivity contribution < 1.29 is 9.84 Å². The summed E-state index contributed by atoms with van der Waals surface area (Å²) in [5, 5.41) is 13.9. The molecule has 5 rings (SSSR count). The zero-order chi connectivity index (χ0) is 18.9. The molecule has 1 saturated carbocycles. The van der Waals surface area contributed by atoms with Gasteiger partial charge in [-0.05, 0) is 49.9 Å². The van der Waals surface area contributed by atoms with Crippen molar-refractivity contribution in [3.8, 4) is 5.75 Å². The zero-order valence-electron chi connectivity index (χ0n) is 15.2. The Labute approximate surface area is 166 Å². The topological polar surface area (TPSA) is 80.2 Å². The Kier molecular flexibility index (Phi) is 4.54. The fraction of sp³-hybridized carbons (Fsp3) is 0.286. The number of aliphatic hydroxyl groups excluding tert-OH is 1. The van der Waals surface area contributed by atoms with E-state index in [2.05, 4.69) is 15.3 Å². The molecule has 2 N–H and O–H groups in total. The van der Waals surface area contributed by atoms with E-state index >= 15 is 0 Å². The van der Waals surface area contributed by atoms with E-state index in [0.717, 1.165) is 58.2 Å². The van der Waals surface area contributed by atoms with E-state index in [-0.39, 0.29) is 12.2 Å². The van der Waals surface area contributed by atoms with E-state index in [1.807, 2.05) is 48.1 Å². The van der Waals surface area contributed by atoms with Gasteiger partial charge in [-0.2, -0.15) is 0 Å². The van der Waals surface area contributed by atoms with Crippen molar-refractivity contribution >= 4 is 44.1 Å². The number of hydrogen-bond donors (Lipinski definition) is 2. The van der Waals surface area contributed by atoms with Crippen LogP contribution in [0.5, 0.6) is 5.75 Å². The first kappa shape index (κ1) is 17.3. The summed E-state index contributed by atoms with van der Waals surface area (Å²) in [6.45, 7) is 0. The Morgan fingerprint density at radius 1 is 1.07 bits per heavy atom. The van der Waals surface area contributed by atoms with E-state index < -0.39 is 0 Å². The van der Waals surface area contributed by atoms with Crippen LogP contribution in [0.25, 0.3) is 21.1 Å². The summed E-state index contributed by atoms with van der Waals surface area (Å²) in [6.07, 6.45) is 5.03. The number of aliphatic hydroxyl groups is 1. The molecule has 7 heteroatoms. The molecule has 2 aromatic carbocycles. The van der Waals surface area contributed by atoms with Crippen molar-refractivity contribution in [1.82, 2.24) is 15.0 Å². The fourth-order valence-electron chi connectivity index (χ4n) is 3.59. The van der Waals surface area contributed by atoms with Gasteiger partial charge in [-0.15, -0.1) is 11.3 Å². The Hall–Kier alpha value is -2.77. The molecule has 0 bridgehead atoms. The first-order chi connectivity index (χ1) is 13.7. The van der Waals surface area contributed by atoms with E-state index in [1.165, 1.54) is 0 Å². The summed E-state index contributed by atoms with van der Waals surface area (Å²) in [5.41, 5.74) is 4.49. The number of nitrogens with one attached hydrogen (secondary N) is 1. The Bertz CT molecular complexity index is 1120. The lowest BCUT2D eigenvalue weighted by Gasteiger charge is -2.26. The monoisotopic (exact) mass is 392 g/mol. The van der Waals surface area contributed by atoms with Gasteiger partial charge in [0.15, 0.2) is 0 Å². The number of nitrogens with zero attached hydrogens (tertiary/aromatic N) is 3. The number of aromatic nitrogens is 3. The van der Waals surface area contributed by atoms with E-state index in [9.17, 15) is 5.11 Å². The van der Waals surface area contributed by atoms with Crippen molar-refractivity contribution in [1.29, 1.82) is 0 Å². The first-order valence-electron chi connectivity index (χ1n) is 9.45. The molecule has 0 atom stereocenters. The standard InChI is InChI=1S/C21H20N4O2S/c26-15-5-7-16(8-6-15)27-18-3-1-2-13-11-22-21(25-20(13)18)24-14-4-9-19-17(10-14)23-12-28-19/h1-4,9-12,15-16,26H,5-8H2,(H,22,24,25)/t15-,16+. The number of anilines is 2. The van der Waals surface area contributed by atoms with Gasteiger partial charge in [0.05, 0.1) is 27.9 Å². The molecule has 0 spiro atoms. The SMILES string of the molecule is O[C@H]1CC[C@@H](Oc2cccc3cnc(Nc4ccc5scnc5c4)nc23)CC1. The highest BCUT2D eigenvalue weighted by molar-refractivity contribution is 7.16. The molecular formula is C21H20N4O2S. The smallest absolute Gasteiger partial charge is 0.227 e. The predicted octanol–water partition coefficient (Wildman–Crippen LogP) is 4.67. The average Bonchev–Trinajstić information content (AvgIpc) is 3.18. The van der Waals surface area contributed by atoms with Gasteiger partial charge in [0, 0.05) is 17.3 Å². The third kappa shape index (κ3) is 3.50. The quantitative estimate of drug-likeness (QED) is 0.526. The minimum absolute atomic E-state index is 0.118. The second-order valence-corrected chi connectivity index (χ2v) is 7.98. The number of fused-ring (bicyclic) bond motifs is 2. The lowest BCUT2D eigenvalue weighted by Crippen LogP contribution is -2.26. The highest BCUT2D eigenvalue weighted by Gasteiger charge is 2.21. The van der Waals surface area contributed by atoms with Gasteiger partial charge in [-0.1, -0.05) is 12.1 Å². The summed E-state index contributed by atoms with van der Waals surface area (Å²) < 4.78 is 7.38. The molecule has 2 aromatic heterocycles. The van der Waals surface area contributed by atoms with Crippen LogP contribution in [0.1, 0.15) is 25.7 Å². The lowest BCUT2D eigenvalue weighted by molar-refractivity contribution is 0.0672. The van der Waals surface area contributed by atoms with E-state index in [4.69, 9.17) is 9.72 Å². The lowest BCUT2D eigenvalue weighted by atomic mass is 9.95. The number of para-hydroxylation sites is 1. The molecule has 4 aromatic rings. The minimum atomic E-state index is -0.194. The Morgan fingerprint density at radius 3 is 2.86 bits per heavy atom. The number of ether oxygens (including phenoxy) is 1. The molecule has 0 aliphatic heterocycles. The minimum Gasteiger partial charge on any atom is -0.488 e. The summed E-state index contributed by atoms with van der Waals surface area (Å²) in [6, 6.07) is 11.9. The predicted molar refractivity (Wildman–Crippen MR) is 111 cm³/mol. The second kappa shape index (κ2) is 7.33. The van der Waals surface area contributed by atoms with Crippen molar-refractivity contribution in [3.05, 3.63) is 48.1 Å². The van der Waals surface area contributed by atoms with Gasteiger partial charge in [0.1, 0.15) is 11.3 Å². The van der Waals surface area contributed by atoms with Crippen molar-refractivity contribution in [2.75, 3.05) is 5.32 Å². The largest absolute Gasteiger partial charge is 0.488 e. The van der Waals surface area contributed by atoms with Gasteiger partial charge in [-0.3, -0.25) is 0 Å². The van der Waals surface area contributed by atoms with Crippen molar-refractivity contribution in [2.24, 2.45) is 0 Å². The maximum absolute atomic E-state index is 9.71. The molecular weight excluding hydrogens is 372 g/mol. The van der Waals surface area contributed by atoms with Crippen LogP contribution in [0.15, 0.2) is 48.1 Å². The second-order valence-electron chi connectivity index (χ2n) is 7.10. The van der Waals surface area contributed by atoms with Crippen LogP contribution in [-0.2, 0) is 0 Å². The van der Waals surface area contributed by atoms with Crippen molar-refractivity contribution in [3.63, 3.8) is 0 Å². The molecule has 1 aliphatic carbocycles. The normalized spacial score (nSPS) is 19.8. The summed E-state index contributed by atoms with van der Waals surface area (Å²) in [7, 11) is 0. The molecule has 28 heavy (non-hydrogen) atoms. The summed E-state index contributed by atoms with van der Waals surface area (Å²) >= 11 is 1.62. The third-order valence-corrected chi connectivity index (χ3v) is 5.91.